The van der Waals surface area contributed by atoms with E-state index in [1.165, 1.54) is 18.7 Å². The molecule has 6 nitrogen and oxygen atoms in total. The van der Waals surface area contributed by atoms with Crippen molar-refractivity contribution in [1.82, 2.24) is 14.1 Å². The molecule has 0 bridgehead atoms. The molecule has 3 aromatic rings. The van der Waals surface area contributed by atoms with Gasteiger partial charge in [-0.15, -0.1) is 0 Å². The van der Waals surface area contributed by atoms with Crippen LogP contribution in [0.3, 0.4) is 0 Å². The lowest BCUT2D eigenvalue weighted by Crippen LogP contribution is -2.36. The Labute approximate surface area is 127 Å². The van der Waals surface area contributed by atoms with E-state index in [1.807, 2.05) is 12.1 Å². The van der Waals surface area contributed by atoms with Gasteiger partial charge in [0.15, 0.2) is 5.75 Å². The number of rotatable bonds is 1. The molecule has 0 saturated heterocycles. The molecule has 7 heteroatoms. The number of aromatic amines is 1. The molecule has 0 atom stereocenters. The first-order valence-corrected chi connectivity index (χ1v) is 6.97. The Kier molecular flexibility index (Phi) is 3.02. The van der Waals surface area contributed by atoms with Crippen molar-refractivity contribution in [2.24, 2.45) is 14.1 Å². The standard InChI is InChI=1S/C14H12BrN3O3/c1-17-11-10(13(20)18(2)14(17)21)16-9(12(11)19)7-3-5-8(15)6-4-7/h3-6,16,19H,1-2H3. The molecular weight excluding hydrogens is 338 g/mol. The molecule has 0 radical (unpaired) electrons. The first-order chi connectivity index (χ1) is 9.91. The summed E-state index contributed by atoms with van der Waals surface area (Å²) in [5, 5.41) is 10.4. The number of aromatic hydroxyl groups is 1. The van der Waals surface area contributed by atoms with Crippen molar-refractivity contribution in [1.29, 1.82) is 0 Å². The Morgan fingerprint density at radius 1 is 1.10 bits per heavy atom. The second-order valence-electron chi connectivity index (χ2n) is 4.78. The maximum atomic E-state index is 12.2. The van der Waals surface area contributed by atoms with E-state index in [0.717, 1.165) is 14.6 Å². The summed E-state index contributed by atoms with van der Waals surface area (Å²) in [6, 6.07) is 7.27. The predicted octanol–water partition coefficient (Wildman–Crippen LogP) is 1.70. The molecule has 0 aliphatic rings. The average molecular weight is 350 g/mol. The van der Waals surface area contributed by atoms with E-state index >= 15 is 0 Å². The average Bonchev–Trinajstić information content (AvgIpc) is 2.81. The van der Waals surface area contributed by atoms with Crippen LogP contribution in [0.1, 0.15) is 0 Å². The predicted molar refractivity (Wildman–Crippen MR) is 83.6 cm³/mol. The fraction of sp³-hybridized carbons (Fsp3) is 0.143. The van der Waals surface area contributed by atoms with Gasteiger partial charge in [0.25, 0.3) is 5.56 Å². The van der Waals surface area contributed by atoms with Crippen LogP contribution in [0.15, 0.2) is 38.3 Å². The number of fused-ring (bicyclic) bond motifs is 1. The van der Waals surface area contributed by atoms with Crippen LogP contribution in [0.25, 0.3) is 22.3 Å². The van der Waals surface area contributed by atoms with Gasteiger partial charge in [-0.1, -0.05) is 28.1 Å². The maximum absolute atomic E-state index is 12.2. The van der Waals surface area contributed by atoms with Gasteiger partial charge >= 0.3 is 5.69 Å². The first kappa shape index (κ1) is 13.7. The van der Waals surface area contributed by atoms with Crippen LogP contribution >= 0.6 is 15.9 Å². The summed E-state index contributed by atoms with van der Waals surface area (Å²) in [4.78, 5) is 27.0. The SMILES string of the molecule is Cn1c(=O)c2[nH]c(-c3ccc(Br)cc3)c(O)c2n(C)c1=O. The summed E-state index contributed by atoms with van der Waals surface area (Å²) < 4.78 is 3.17. The Balaban J connectivity index is 2.43. The molecule has 0 aliphatic carbocycles. The van der Waals surface area contributed by atoms with E-state index in [1.54, 1.807) is 12.1 Å². The molecule has 0 amide bonds. The Morgan fingerprint density at radius 2 is 1.71 bits per heavy atom. The molecule has 2 N–H and O–H groups in total. The minimum Gasteiger partial charge on any atom is -0.504 e. The van der Waals surface area contributed by atoms with E-state index in [9.17, 15) is 14.7 Å². The zero-order valence-electron chi connectivity index (χ0n) is 11.3. The summed E-state index contributed by atoms with van der Waals surface area (Å²) in [6.07, 6.45) is 0. The molecule has 108 valence electrons. The number of aryl methyl sites for hydroxylation is 1. The number of H-pyrrole nitrogens is 1. The zero-order chi connectivity index (χ0) is 15.3. The Morgan fingerprint density at radius 3 is 2.33 bits per heavy atom. The fourth-order valence-corrected chi connectivity index (χ4v) is 2.63. The second kappa shape index (κ2) is 4.63. The van der Waals surface area contributed by atoms with E-state index in [2.05, 4.69) is 20.9 Å². The molecule has 0 fully saturated rings. The van der Waals surface area contributed by atoms with E-state index in [-0.39, 0.29) is 16.8 Å². The zero-order valence-corrected chi connectivity index (χ0v) is 12.9. The molecular formula is C14H12BrN3O3. The van der Waals surface area contributed by atoms with Crippen LogP contribution in [0.2, 0.25) is 0 Å². The monoisotopic (exact) mass is 349 g/mol. The topological polar surface area (TPSA) is 80.0 Å². The molecule has 1 aromatic carbocycles. The quantitative estimate of drug-likeness (QED) is 0.701. The highest BCUT2D eigenvalue weighted by molar-refractivity contribution is 9.10. The molecule has 2 aromatic heterocycles. The van der Waals surface area contributed by atoms with E-state index in [0.29, 0.717) is 5.69 Å². The molecule has 2 heterocycles. The maximum Gasteiger partial charge on any atom is 0.331 e. The Bertz CT molecular complexity index is 964. The third-order valence-corrected chi connectivity index (χ3v) is 4.04. The molecule has 0 spiro atoms. The molecule has 0 unspecified atom stereocenters. The normalized spacial score (nSPS) is 11.2. The van der Waals surface area contributed by atoms with Crippen molar-refractivity contribution in [3.63, 3.8) is 0 Å². The van der Waals surface area contributed by atoms with Crippen molar-refractivity contribution >= 4 is 27.0 Å². The van der Waals surface area contributed by atoms with Crippen molar-refractivity contribution in [2.75, 3.05) is 0 Å². The van der Waals surface area contributed by atoms with Gasteiger partial charge in [0.1, 0.15) is 11.0 Å². The van der Waals surface area contributed by atoms with E-state index < -0.39 is 11.2 Å². The van der Waals surface area contributed by atoms with Crippen LogP contribution < -0.4 is 11.2 Å². The third kappa shape index (κ3) is 1.92. The van der Waals surface area contributed by atoms with Gasteiger partial charge in [0.2, 0.25) is 0 Å². The van der Waals surface area contributed by atoms with Crippen LogP contribution in [0.5, 0.6) is 5.75 Å². The summed E-state index contributed by atoms with van der Waals surface area (Å²) in [5.74, 6) is -0.107. The van der Waals surface area contributed by atoms with Crippen molar-refractivity contribution in [3.8, 4) is 17.0 Å². The lowest BCUT2D eigenvalue weighted by molar-refractivity contribution is 0.480. The van der Waals surface area contributed by atoms with Crippen LogP contribution in [-0.4, -0.2) is 19.2 Å². The number of nitrogens with one attached hydrogen (secondary N) is 1. The smallest absolute Gasteiger partial charge is 0.331 e. The highest BCUT2D eigenvalue weighted by atomic mass is 79.9. The minimum atomic E-state index is -0.482. The van der Waals surface area contributed by atoms with Gasteiger partial charge < -0.3 is 10.1 Å². The number of hydrogen-bond donors (Lipinski definition) is 2. The number of halogens is 1. The number of benzene rings is 1. The Hall–Kier alpha value is -2.28. The minimum absolute atomic E-state index is 0.107. The van der Waals surface area contributed by atoms with Gasteiger partial charge in [0, 0.05) is 24.1 Å². The van der Waals surface area contributed by atoms with Gasteiger partial charge in [-0.3, -0.25) is 13.9 Å². The van der Waals surface area contributed by atoms with Crippen LogP contribution in [-0.2, 0) is 14.1 Å². The second-order valence-corrected chi connectivity index (χ2v) is 5.70. The summed E-state index contributed by atoms with van der Waals surface area (Å²) in [7, 11) is 2.92. The summed E-state index contributed by atoms with van der Waals surface area (Å²) in [6.45, 7) is 0. The van der Waals surface area contributed by atoms with Crippen molar-refractivity contribution < 1.29 is 5.11 Å². The highest BCUT2D eigenvalue weighted by Crippen LogP contribution is 2.34. The highest BCUT2D eigenvalue weighted by Gasteiger charge is 2.19. The van der Waals surface area contributed by atoms with Crippen LogP contribution in [0, 0.1) is 0 Å². The van der Waals surface area contributed by atoms with Crippen molar-refractivity contribution in [3.05, 3.63) is 49.6 Å². The molecule has 21 heavy (non-hydrogen) atoms. The van der Waals surface area contributed by atoms with Crippen molar-refractivity contribution in [2.45, 2.75) is 0 Å². The number of aromatic nitrogens is 3. The third-order valence-electron chi connectivity index (χ3n) is 3.51. The summed E-state index contributed by atoms with van der Waals surface area (Å²) in [5.41, 5.74) is 0.601. The van der Waals surface area contributed by atoms with Crippen LogP contribution in [0.4, 0.5) is 0 Å². The molecule has 0 saturated carbocycles. The largest absolute Gasteiger partial charge is 0.504 e. The number of nitrogens with zero attached hydrogens (tertiary/aromatic N) is 2. The molecule has 3 rings (SSSR count). The van der Waals surface area contributed by atoms with Gasteiger partial charge in [-0.05, 0) is 12.1 Å². The molecule has 0 aliphatic heterocycles. The summed E-state index contributed by atoms with van der Waals surface area (Å²) >= 11 is 3.34. The van der Waals surface area contributed by atoms with Gasteiger partial charge in [0.05, 0.1) is 5.69 Å². The van der Waals surface area contributed by atoms with E-state index in [4.69, 9.17) is 0 Å². The lowest BCUT2D eigenvalue weighted by Gasteiger charge is -2.03. The number of hydrogen-bond acceptors (Lipinski definition) is 3. The van der Waals surface area contributed by atoms with Gasteiger partial charge in [-0.25, -0.2) is 4.79 Å². The fourth-order valence-electron chi connectivity index (χ4n) is 2.36. The lowest BCUT2D eigenvalue weighted by atomic mass is 10.1. The first-order valence-electron chi connectivity index (χ1n) is 6.18. The van der Waals surface area contributed by atoms with Gasteiger partial charge in [-0.2, -0.15) is 0 Å².